The normalized spacial score (nSPS) is 11.1. The minimum absolute atomic E-state index is 0.0763. The first-order valence-electron chi connectivity index (χ1n) is 9.64. The van der Waals surface area contributed by atoms with Crippen molar-refractivity contribution in [3.63, 3.8) is 0 Å². The van der Waals surface area contributed by atoms with E-state index in [9.17, 15) is 4.79 Å². The van der Waals surface area contributed by atoms with Gasteiger partial charge in [-0.25, -0.2) is 4.68 Å². The fourth-order valence-corrected chi connectivity index (χ4v) is 3.04. The molecule has 0 saturated carbocycles. The summed E-state index contributed by atoms with van der Waals surface area (Å²) in [7, 11) is 0. The molecule has 2 N–H and O–H groups in total. The fourth-order valence-electron chi connectivity index (χ4n) is 2.83. The topological polar surface area (TPSA) is 81.1 Å². The summed E-state index contributed by atoms with van der Waals surface area (Å²) in [5.74, 6) is 0.432. The average Bonchev–Trinajstić information content (AvgIpc) is 3.20. The van der Waals surface area contributed by atoms with E-state index in [0.29, 0.717) is 12.2 Å². The minimum atomic E-state index is -0.287. The molecule has 0 aliphatic rings. The number of rotatable bonds is 5. The lowest BCUT2D eigenvalue weighted by Gasteiger charge is -2.19. The maximum absolute atomic E-state index is 12.4. The number of anilines is 1. The summed E-state index contributed by atoms with van der Waals surface area (Å²) in [5.41, 5.74) is 3.09. The van der Waals surface area contributed by atoms with Crippen LogP contribution in [0.25, 0.3) is 5.69 Å². The van der Waals surface area contributed by atoms with Crippen LogP contribution in [0, 0.1) is 0 Å². The number of carbonyl (C=O) groups excluding carboxylic acids is 1. The molecular weight excluding hydrogens is 398 g/mol. The van der Waals surface area contributed by atoms with Gasteiger partial charge in [0.05, 0.1) is 24.2 Å². The van der Waals surface area contributed by atoms with Gasteiger partial charge in [0.25, 0.3) is 5.91 Å². The highest BCUT2D eigenvalue weighted by Crippen LogP contribution is 2.24. The smallest absolute Gasteiger partial charge is 0.257 e. The lowest BCUT2D eigenvalue weighted by molar-refractivity contribution is 0.0977. The Labute approximate surface area is 181 Å². The van der Waals surface area contributed by atoms with E-state index in [4.69, 9.17) is 17.0 Å². The van der Waals surface area contributed by atoms with E-state index >= 15 is 0 Å². The van der Waals surface area contributed by atoms with Gasteiger partial charge in [0.2, 0.25) is 0 Å². The van der Waals surface area contributed by atoms with Crippen LogP contribution in [-0.2, 0) is 5.41 Å². The van der Waals surface area contributed by atoms with Crippen molar-refractivity contribution in [3.05, 3.63) is 66.0 Å². The summed E-state index contributed by atoms with van der Waals surface area (Å²) in [4.78, 5) is 12.4. The third-order valence-corrected chi connectivity index (χ3v) is 4.55. The number of carbonyl (C=O) groups is 1. The lowest BCUT2D eigenvalue weighted by Crippen LogP contribution is -2.34. The third kappa shape index (κ3) is 5.21. The summed E-state index contributed by atoms with van der Waals surface area (Å²) in [6, 6.07) is 14.5. The molecular formula is C22H25N5O2S. The monoisotopic (exact) mass is 423 g/mol. The van der Waals surface area contributed by atoms with Crippen LogP contribution in [0.4, 0.5) is 5.69 Å². The van der Waals surface area contributed by atoms with Gasteiger partial charge in [-0.3, -0.25) is 10.1 Å². The number of thiocarbonyl (C=S) groups is 1. The van der Waals surface area contributed by atoms with Gasteiger partial charge in [-0.1, -0.05) is 26.0 Å². The first kappa shape index (κ1) is 21.4. The van der Waals surface area contributed by atoms with Gasteiger partial charge in [0.1, 0.15) is 5.75 Å². The maximum Gasteiger partial charge on any atom is 0.257 e. The number of hydrogen-bond acceptors (Lipinski definition) is 5. The summed E-state index contributed by atoms with van der Waals surface area (Å²) in [6.07, 6.45) is 1.78. The predicted octanol–water partition coefficient (Wildman–Crippen LogP) is 4.09. The van der Waals surface area contributed by atoms with Crippen molar-refractivity contribution in [2.45, 2.75) is 33.1 Å². The average molecular weight is 424 g/mol. The van der Waals surface area contributed by atoms with Crippen molar-refractivity contribution in [1.29, 1.82) is 0 Å². The molecule has 3 rings (SSSR count). The fraction of sp³-hybridized carbons (Fsp3) is 0.273. The van der Waals surface area contributed by atoms with Gasteiger partial charge in [0, 0.05) is 16.7 Å². The number of amides is 1. The highest BCUT2D eigenvalue weighted by atomic mass is 32.1. The molecule has 0 spiro atoms. The van der Waals surface area contributed by atoms with Gasteiger partial charge in [-0.2, -0.15) is 0 Å². The van der Waals surface area contributed by atoms with Crippen LogP contribution < -0.4 is 15.4 Å². The molecule has 0 saturated heterocycles. The van der Waals surface area contributed by atoms with E-state index in [2.05, 4.69) is 41.7 Å². The van der Waals surface area contributed by atoms with Crippen molar-refractivity contribution in [2.24, 2.45) is 0 Å². The number of nitrogens with one attached hydrogen (secondary N) is 2. The van der Waals surface area contributed by atoms with Crippen molar-refractivity contribution in [3.8, 4) is 11.4 Å². The van der Waals surface area contributed by atoms with Gasteiger partial charge >= 0.3 is 0 Å². The SMILES string of the molecule is CCOc1ccc(C(=O)NC(=S)Nc2ccc(-n3nncc3C(C)(C)C)cc2)cc1. The first-order valence-corrected chi connectivity index (χ1v) is 10.1. The van der Waals surface area contributed by atoms with Crippen molar-refractivity contribution < 1.29 is 9.53 Å². The Bertz CT molecular complexity index is 1020. The Morgan fingerprint density at radius 3 is 2.37 bits per heavy atom. The molecule has 0 atom stereocenters. The van der Waals surface area contributed by atoms with Crippen LogP contribution >= 0.6 is 12.2 Å². The van der Waals surface area contributed by atoms with Gasteiger partial charge in [0.15, 0.2) is 5.11 Å². The molecule has 0 unspecified atom stereocenters. The predicted molar refractivity (Wildman–Crippen MR) is 121 cm³/mol. The summed E-state index contributed by atoms with van der Waals surface area (Å²) in [6.45, 7) is 8.83. The number of ether oxygens (including phenoxy) is 1. The molecule has 8 heteroatoms. The van der Waals surface area contributed by atoms with Crippen LogP contribution in [0.15, 0.2) is 54.7 Å². The summed E-state index contributed by atoms with van der Waals surface area (Å²) in [5, 5.41) is 14.1. The first-order chi connectivity index (χ1) is 14.3. The second-order valence-electron chi connectivity index (χ2n) is 7.69. The van der Waals surface area contributed by atoms with E-state index in [0.717, 1.165) is 22.8 Å². The molecule has 0 bridgehead atoms. The van der Waals surface area contributed by atoms with Crippen LogP contribution in [0.5, 0.6) is 5.75 Å². The number of benzene rings is 2. The Balaban J connectivity index is 1.62. The molecule has 2 aromatic carbocycles. The molecule has 30 heavy (non-hydrogen) atoms. The summed E-state index contributed by atoms with van der Waals surface area (Å²) >= 11 is 5.27. The second-order valence-corrected chi connectivity index (χ2v) is 8.10. The highest BCUT2D eigenvalue weighted by molar-refractivity contribution is 7.80. The van der Waals surface area contributed by atoms with Crippen LogP contribution in [0.2, 0.25) is 0 Å². The van der Waals surface area contributed by atoms with E-state index < -0.39 is 0 Å². The van der Waals surface area contributed by atoms with Crippen LogP contribution in [0.1, 0.15) is 43.7 Å². The van der Waals surface area contributed by atoms with Crippen LogP contribution in [0.3, 0.4) is 0 Å². The molecule has 1 aromatic heterocycles. The lowest BCUT2D eigenvalue weighted by atomic mass is 9.92. The maximum atomic E-state index is 12.4. The molecule has 7 nitrogen and oxygen atoms in total. The van der Waals surface area contributed by atoms with Crippen LogP contribution in [-0.4, -0.2) is 32.6 Å². The van der Waals surface area contributed by atoms with Gasteiger partial charge in [-0.05, 0) is 67.7 Å². The minimum Gasteiger partial charge on any atom is -0.494 e. The molecule has 0 aliphatic heterocycles. The molecule has 0 radical (unpaired) electrons. The van der Waals surface area contributed by atoms with E-state index in [1.54, 1.807) is 30.5 Å². The van der Waals surface area contributed by atoms with E-state index in [-0.39, 0.29) is 16.4 Å². The quantitative estimate of drug-likeness (QED) is 0.602. The third-order valence-electron chi connectivity index (χ3n) is 4.34. The standard InChI is InChI=1S/C22H25N5O2S/c1-5-29-18-12-6-15(7-13-18)20(28)25-21(30)24-16-8-10-17(11-9-16)27-19(14-23-26-27)22(2,3)4/h6-14H,5H2,1-4H3,(H2,24,25,28,30). The van der Waals surface area contributed by atoms with Gasteiger partial charge < -0.3 is 10.1 Å². The zero-order valence-electron chi connectivity index (χ0n) is 17.5. The molecule has 3 aromatic rings. The van der Waals surface area contributed by atoms with Crippen molar-refractivity contribution in [1.82, 2.24) is 20.3 Å². The Morgan fingerprint density at radius 1 is 1.10 bits per heavy atom. The van der Waals surface area contributed by atoms with Crippen molar-refractivity contribution in [2.75, 3.05) is 11.9 Å². The zero-order valence-corrected chi connectivity index (χ0v) is 18.3. The van der Waals surface area contributed by atoms with Gasteiger partial charge in [-0.15, -0.1) is 5.10 Å². The molecule has 0 fully saturated rings. The van der Waals surface area contributed by atoms with E-state index in [1.165, 1.54) is 0 Å². The Hall–Kier alpha value is -3.26. The highest BCUT2D eigenvalue weighted by Gasteiger charge is 2.20. The number of nitrogens with zero attached hydrogens (tertiary/aromatic N) is 3. The van der Waals surface area contributed by atoms with Crippen molar-refractivity contribution >= 4 is 28.9 Å². The number of hydrogen-bond donors (Lipinski definition) is 2. The molecule has 0 aliphatic carbocycles. The summed E-state index contributed by atoms with van der Waals surface area (Å²) < 4.78 is 7.20. The molecule has 1 amide bonds. The van der Waals surface area contributed by atoms with E-state index in [1.807, 2.05) is 35.9 Å². The zero-order chi connectivity index (χ0) is 21.7. The Morgan fingerprint density at radius 2 is 1.77 bits per heavy atom. The largest absolute Gasteiger partial charge is 0.494 e. The number of aromatic nitrogens is 3. The molecule has 1 heterocycles. The Kier molecular flexibility index (Phi) is 6.47. The second kappa shape index (κ2) is 9.04. The molecule has 156 valence electrons.